The fourth-order valence-electron chi connectivity index (χ4n) is 2.36. The topological polar surface area (TPSA) is 29.5 Å². The summed E-state index contributed by atoms with van der Waals surface area (Å²) in [6.45, 7) is 9.90. The van der Waals surface area contributed by atoms with Crippen molar-refractivity contribution in [2.45, 2.75) is 52.5 Å². The largest absolute Gasteiger partial charge is 0.380 e. The summed E-state index contributed by atoms with van der Waals surface area (Å²) in [5.41, 5.74) is 0. The van der Waals surface area contributed by atoms with Crippen molar-refractivity contribution in [2.75, 3.05) is 26.3 Å². The molecule has 1 unspecified atom stereocenters. The van der Waals surface area contributed by atoms with Crippen LogP contribution >= 0.6 is 0 Å². The summed E-state index contributed by atoms with van der Waals surface area (Å²) in [5, 5.41) is 0. The molecule has 17 heavy (non-hydrogen) atoms. The van der Waals surface area contributed by atoms with Gasteiger partial charge in [-0.3, -0.25) is 9.69 Å². The molecule has 1 rings (SSSR count). The van der Waals surface area contributed by atoms with Gasteiger partial charge in [-0.2, -0.15) is 0 Å². The fourth-order valence-corrected chi connectivity index (χ4v) is 2.36. The summed E-state index contributed by atoms with van der Waals surface area (Å²) < 4.78 is 5.63. The number of ketones is 1. The predicted molar refractivity (Wildman–Crippen MR) is 70.2 cm³/mol. The SMILES string of the molecule is CC(=O)CC1CCCN1CCOCCC(C)C. The van der Waals surface area contributed by atoms with E-state index < -0.39 is 0 Å². The predicted octanol–water partition coefficient (Wildman–Crippen LogP) is 2.49. The van der Waals surface area contributed by atoms with Crippen LogP contribution in [0.4, 0.5) is 0 Å². The van der Waals surface area contributed by atoms with Crippen LogP contribution in [0, 0.1) is 5.92 Å². The van der Waals surface area contributed by atoms with Crippen LogP contribution in [0.15, 0.2) is 0 Å². The Balaban J connectivity index is 2.11. The van der Waals surface area contributed by atoms with E-state index in [1.807, 2.05) is 0 Å². The molecule has 1 aliphatic rings. The Morgan fingerprint density at radius 3 is 2.82 bits per heavy atom. The van der Waals surface area contributed by atoms with Crippen molar-refractivity contribution in [1.29, 1.82) is 0 Å². The zero-order valence-electron chi connectivity index (χ0n) is 11.6. The zero-order valence-corrected chi connectivity index (χ0v) is 11.6. The molecule has 0 saturated carbocycles. The molecule has 1 atom stereocenters. The number of rotatable bonds is 8. The van der Waals surface area contributed by atoms with Crippen LogP contribution < -0.4 is 0 Å². The molecule has 100 valence electrons. The Morgan fingerprint density at radius 2 is 2.18 bits per heavy atom. The third kappa shape index (κ3) is 6.18. The van der Waals surface area contributed by atoms with Gasteiger partial charge in [0.25, 0.3) is 0 Å². The summed E-state index contributed by atoms with van der Waals surface area (Å²) in [4.78, 5) is 13.6. The minimum absolute atomic E-state index is 0.308. The lowest BCUT2D eigenvalue weighted by atomic mass is 10.1. The normalized spacial score (nSPS) is 21.3. The molecule has 1 fully saturated rings. The maximum atomic E-state index is 11.1. The number of likely N-dealkylation sites (tertiary alicyclic amines) is 1. The number of carbonyl (C=O) groups excluding carboxylic acids is 1. The Bertz CT molecular complexity index is 228. The standard InChI is InChI=1S/C14H27NO2/c1-12(2)6-9-17-10-8-15-7-4-5-14(15)11-13(3)16/h12,14H,4-11H2,1-3H3. The first-order valence-corrected chi connectivity index (χ1v) is 6.91. The maximum absolute atomic E-state index is 11.1. The minimum Gasteiger partial charge on any atom is -0.380 e. The van der Waals surface area contributed by atoms with Crippen molar-refractivity contribution < 1.29 is 9.53 Å². The molecule has 1 aliphatic heterocycles. The molecule has 3 heteroatoms. The third-order valence-electron chi connectivity index (χ3n) is 3.38. The van der Waals surface area contributed by atoms with Crippen LogP contribution in [-0.2, 0) is 9.53 Å². The smallest absolute Gasteiger partial charge is 0.131 e. The van der Waals surface area contributed by atoms with Gasteiger partial charge in [-0.05, 0) is 38.6 Å². The molecule has 1 heterocycles. The van der Waals surface area contributed by atoms with Crippen molar-refractivity contribution in [2.24, 2.45) is 5.92 Å². The average Bonchev–Trinajstić information content (AvgIpc) is 2.64. The molecule has 1 saturated heterocycles. The van der Waals surface area contributed by atoms with Crippen LogP contribution in [-0.4, -0.2) is 43.0 Å². The van der Waals surface area contributed by atoms with E-state index in [9.17, 15) is 4.79 Å². The van der Waals surface area contributed by atoms with Crippen molar-refractivity contribution in [1.82, 2.24) is 4.90 Å². The second kappa shape index (κ2) is 7.83. The molecule has 0 bridgehead atoms. The van der Waals surface area contributed by atoms with Gasteiger partial charge in [-0.15, -0.1) is 0 Å². The van der Waals surface area contributed by atoms with Gasteiger partial charge in [0.15, 0.2) is 0 Å². The highest BCUT2D eigenvalue weighted by molar-refractivity contribution is 5.76. The van der Waals surface area contributed by atoms with Crippen molar-refractivity contribution in [3.63, 3.8) is 0 Å². The van der Waals surface area contributed by atoms with E-state index >= 15 is 0 Å². The second-order valence-electron chi connectivity index (χ2n) is 5.53. The molecule has 0 aromatic heterocycles. The highest BCUT2D eigenvalue weighted by Crippen LogP contribution is 2.19. The highest BCUT2D eigenvalue weighted by atomic mass is 16.5. The first-order valence-electron chi connectivity index (χ1n) is 6.91. The van der Waals surface area contributed by atoms with E-state index in [-0.39, 0.29) is 0 Å². The Hall–Kier alpha value is -0.410. The Labute approximate surface area is 106 Å². The van der Waals surface area contributed by atoms with Gasteiger partial charge in [-0.1, -0.05) is 13.8 Å². The van der Waals surface area contributed by atoms with E-state index in [2.05, 4.69) is 18.7 Å². The molecular formula is C14H27NO2. The van der Waals surface area contributed by atoms with E-state index in [1.165, 1.54) is 12.8 Å². The molecular weight excluding hydrogens is 214 g/mol. The number of hydrogen-bond donors (Lipinski definition) is 0. The van der Waals surface area contributed by atoms with Gasteiger partial charge in [0.2, 0.25) is 0 Å². The summed E-state index contributed by atoms with van der Waals surface area (Å²) in [5.74, 6) is 1.02. The number of nitrogens with zero attached hydrogens (tertiary/aromatic N) is 1. The van der Waals surface area contributed by atoms with Crippen LogP contribution in [0.3, 0.4) is 0 Å². The summed E-state index contributed by atoms with van der Waals surface area (Å²) in [6, 6.07) is 0.473. The van der Waals surface area contributed by atoms with Gasteiger partial charge >= 0.3 is 0 Å². The van der Waals surface area contributed by atoms with Crippen LogP contribution in [0.2, 0.25) is 0 Å². The molecule has 0 N–H and O–H groups in total. The van der Waals surface area contributed by atoms with Crippen molar-refractivity contribution >= 4 is 5.78 Å². The summed E-state index contributed by atoms with van der Waals surface area (Å²) >= 11 is 0. The molecule has 3 nitrogen and oxygen atoms in total. The van der Waals surface area contributed by atoms with Crippen LogP contribution in [0.25, 0.3) is 0 Å². The Morgan fingerprint density at radius 1 is 1.41 bits per heavy atom. The third-order valence-corrected chi connectivity index (χ3v) is 3.38. The van der Waals surface area contributed by atoms with Crippen molar-refractivity contribution in [3.05, 3.63) is 0 Å². The van der Waals surface area contributed by atoms with Gasteiger partial charge in [0.05, 0.1) is 6.61 Å². The summed E-state index contributed by atoms with van der Waals surface area (Å²) in [6.07, 6.45) is 4.25. The average molecular weight is 241 g/mol. The fraction of sp³-hybridized carbons (Fsp3) is 0.929. The first kappa shape index (κ1) is 14.7. The van der Waals surface area contributed by atoms with E-state index in [0.29, 0.717) is 24.2 Å². The Kier molecular flexibility index (Phi) is 6.75. The van der Waals surface area contributed by atoms with E-state index in [0.717, 1.165) is 32.7 Å². The maximum Gasteiger partial charge on any atom is 0.131 e. The van der Waals surface area contributed by atoms with E-state index in [1.54, 1.807) is 6.92 Å². The van der Waals surface area contributed by atoms with E-state index in [4.69, 9.17) is 4.74 Å². The second-order valence-corrected chi connectivity index (χ2v) is 5.53. The van der Waals surface area contributed by atoms with Crippen LogP contribution in [0.1, 0.15) is 46.5 Å². The summed E-state index contributed by atoms with van der Waals surface area (Å²) in [7, 11) is 0. The van der Waals surface area contributed by atoms with Gasteiger partial charge in [0, 0.05) is 25.6 Å². The van der Waals surface area contributed by atoms with Gasteiger partial charge < -0.3 is 4.74 Å². The van der Waals surface area contributed by atoms with Crippen molar-refractivity contribution in [3.8, 4) is 0 Å². The molecule has 0 aromatic rings. The highest BCUT2D eigenvalue weighted by Gasteiger charge is 2.24. The molecule has 0 aromatic carbocycles. The van der Waals surface area contributed by atoms with Gasteiger partial charge in [0.1, 0.15) is 5.78 Å². The lowest BCUT2D eigenvalue weighted by Gasteiger charge is -2.23. The zero-order chi connectivity index (χ0) is 12.7. The number of ether oxygens (including phenoxy) is 1. The lowest BCUT2D eigenvalue weighted by Crippen LogP contribution is -2.33. The molecule has 0 aliphatic carbocycles. The van der Waals surface area contributed by atoms with Crippen LogP contribution in [0.5, 0.6) is 0 Å². The monoisotopic (exact) mass is 241 g/mol. The molecule has 0 radical (unpaired) electrons. The lowest BCUT2D eigenvalue weighted by molar-refractivity contribution is -0.118. The van der Waals surface area contributed by atoms with Gasteiger partial charge in [-0.25, -0.2) is 0 Å². The number of Topliss-reactive ketones (excluding diaryl/α,β-unsaturated/α-hetero) is 1. The number of carbonyl (C=O) groups is 1. The molecule has 0 spiro atoms. The number of hydrogen-bond acceptors (Lipinski definition) is 3. The molecule has 0 amide bonds. The quantitative estimate of drug-likeness (QED) is 0.611. The minimum atomic E-state index is 0.308. The first-order chi connectivity index (χ1) is 8.09.